The van der Waals surface area contributed by atoms with Crippen LogP contribution in [0.2, 0.25) is 0 Å². The molecule has 0 spiro atoms. The third-order valence-corrected chi connectivity index (χ3v) is 3.80. The van der Waals surface area contributed by atoms with E-state index in [-0.39, 0.29) is 30.1 Å². The van der Waals surface area contributed by atoms with E-state index in [9.17, 15) is 9.59 Å². The summed E-state index contributed by atoms with van der Waals surface area (Å²) in [6.45, 7) is 2.39. The Morgan fingerprint density at radius 2 is 2.18 bits per heavy atom. The lowest BCUT2D eigenvalue weighted by Crippen LogP contribution is -2.41. The quantitative estimate of drug-likeness (QED) is 0.760. The Labute approximate surface area is 137 Å². The number of hydrogen-bond acceptors (Lipinski definition) is 3. The Bertz CT molecular complexity index is 502. The Balaban J connectivity index is 0.00000242. The van der Waals surface area contributed by atoms with E-state index in [0.29, 0.717) is 12.1 Å². The highest BCUT2D eigenvalue weighted by Crippen LogP contribution is 2.10. The van der Waals surface area contributed by atoms with E-state index in [1.54, 1.807) is 13.1 Å². The van der Waals surface area contributed by atoms with Gasteiger partial charge in [-0.2, -0.15) is 0 Å². The van der Waals surface area contributed by atoms with E-state index in [0.717, 1.165) is 37.9 Å². The molecule has 2 rings (SSSR count). The predicted molar refractivity (Wildman–Crippen MR) is 89.4 cm³/mol. The van der Waals surface area contributed by atoms with Crippen molar-refractivity contribution in [2.45, 2.75) is 19.3 Å². The summed E-state index contributed by atoms with van der Waals surface area (Å²) in [7, 11) is 1.62. The van der Waals surface area contributed by atoms with E-state index in [2.05, 4.69) is 16.0 Å². The molecule has 1 atom stereocenters. The van der Waals surface area contributed by atoms with Gasteiger partial charge in [0.05, 0.1) is 5.92 Å². The Morgan fingerprint density at radius 3 is 2.86 bits per heavy atom. The number of halogens is 1. The smallest absolute Gasteiger partial charge is 0.251 e. The van der Waals surface area contributed by atoms with Crippen molar-refractivity contribution < 1.29 is 9.59 Å². The van der Waals surface area contributed by atoms with Crippen molar-refractivity contribution in [1.29, 1.82) is 0 Å². The molecule has 1 fully saturated rings. The number of carbonyl (C=O) groups is 2. The molecular formula is C16H24ClN3O2. The first-order valence-electron chi connectivity index (χ1n) is 7.50. The second-order valence-corrected chi connectivity index (χ2v) is 5.36. The van der Waals surface area contributed by atoms with E-state index in [4.69, 9.17) is 0 Å². The normalized spacial score (nSPS) is 17.2. The van der Waals surface area contributed by atoms with Crippen molar-refractivity contribution in [3.8, 4) is 0 Å². The van der Waals surface area contributed by atoms with Crippen LogP contribution in [0.15, 0.2) is 24.3 Å². The van der Waals surface area contributed by atoms with Gasteiger partial charge < -0.3 is 16.0 Å². The van der Waals surface area contributed by atoms with Crippen LogP contribution in [0.25, 0.3) is 0 Å². The fourth-order valence-corrected chi connectivity index (χ4v) is 2.56. The zero-order valence-electron chi connectivity index (χ0n) is 12.9. The van der Waals surface area contributed by atoms with Crippen LogP contribution in [-0.4, -0.2) is 38.5 Å². The molecule has 0 aliphatic carbocycles. The second-order valence-electron chi connectivity index (χ2n) is 5.36. The van der Waals surface area contributed by atoms with Gasteiger partial charge in [-0.05, 0) is 43.5 Å². The largest absolute Gasteiger partial charge is 0.355 e. The van der Waals surface area contributed by atoms with Crippen molar-refractivity contribution in [3.63, 3.8) is 0 Å². The lowest BCUT2D eigenvalue weighted by Gasteiger charge is -2.21. The number of carbonyl (C=O) groups excluding carboxylic acids is 2. The number of hydrogen-bond donors (Lipinski definition) is 3. The third kappa shape index (κ3) is 5.31. The van der Waals surface area contributed by atoms with Crippen LogP contribution < -0.4 is 16.0 Å². The van der Waals surface area contributed by atoms with Crippen LogP contribution in [0, 0.1) is 5.92 Å². The number of benzene rings is 1. The zero-order chi connectivity index (χ0) is 15.1. The predicted octanol–water partition coefficient (Wildman–Crippen LogP) is 1.13. The molecule has 1 aromatic rings. The van der Waals surface area contributed by atoms with Gasteiger partial charge in [-0.3, -0.25) is 9.59 Å². The second kappa shape index (κ2) is 9.43. The van der Waals surface area contributed by atoms with Gasteiger partial charge >= 0.3 is 0 Å². The first-order chi connectivity index (χ1) is 10.2. The molecule has 3 N–H and O–H groups in total. The summed E-state index contributed by atoms with van der Waals surface area (Å²) in [6.07, 6.45) is 2.76. The highest BCUT2D eigenvalue weighted by molar-refractivity contribution is 5.94. The number of rotatable bonds is 5. The first-order valence-corrected chi connectivity index (χ1v) is 7.50. The van der Waals surface area contributed by atoms with E-state index in [1.807, 2.05) is 18.2 Å². The van der Waals surface area contributed by atoms with Gasteiger partial charge in [-0.25, -0.2) is 0 Å². The number of piperidine rings is 1. The summed E-state index contributed by atoms with van der Waals surface area (Å²) in [5, 5.41) is 8.84. The molecule has 1 aromatic carbocycles. The minimum atomic E-state index is -0.0887. The van der Waals surface area contributed by atoms with E-state index in [1.165, 1.54) is 0 Å². The summed E-state index contributed by atoms with van der Waals surface area (Å²) in [6, 6.07) is 7.50. The SMILES string of the molecule is CNC(=O)c1cccc(CCNC(=O)C2CCCNC2)c1.Cl. The fraction of sp³-hybridized carbons (Fsp3) is 0.500. The highest BCUT2D eigenvalue weighted by Gasteiger charge is 2.20. The van der Waals surface area contributed by atoms with Gasteiger partial charge in [0.25, 0.3) is 5.91 Å². The van der Waals surface area contributed by atoms with Gasteiger partial charge in [0.1, 0.15) is 0 Å². The molecule has 0 bridgehead atoms. The summed E-state index contributed by atoms with van der Waals surface area (Å²) in [4.78, 5) is 23.6. The van der Waals surface area contributed by atoms with Gasteiger partial charge in [0.2, 0.25) is 5.91 Å². The maximum atomic E-state index is 12.0. The molecule has 0 aromatic heterocycles. The third-order valence-electron chi connectivity index (χ3n) is 3.80. The van der Waals surface area contributed by atoms with Crippen LogP contribution in [0.3, 0.4) is 0 Å². The lowest BCUT2D eigenvalue weighted by atomic mass is 9.99. The Kier molecular flexibility index (Phi) is 7.91. The van der Waals surface area contributed by atoms with Gasteiger partial charge in [-0.1, -0.05) is 12.1 Å². The number of amides is 2. The molecule has 1 saturated heterocycles. The molecule has 1 heterocycles. The minimum absolute atomic E-state index is 0. The fourth-order valence-electron chi connectivity index (χ4n) is 2.56. The van der Waals surface area contributed by atoms with Gasteiger partial charge in [-0.15, -0.1) is 12.4 Å². The van der Waals surface area contributed by atoms with Crippen LogP contribution in [0.5, 0.6) is 0 Å². The minimum Gasteiger partial charge on any atom is -0.355 e. The lowest BCUT2D eigenvalue weighted by molar-refractivity contribution is -0.125. The van der Waals surface area contributed by atoms with E-state index < -0.39 is 0 Å². The molecule has 22 heavy (non-hydrogen) atoms. The maximum absolute atomic E-state index is 12.0. The van der Waals surface area contributed by atoms with Crippen LogP contribution in [0.4, 0.5) is 0 Å². The average Bonchev–Trinajstić information content (AvgIpc) is 2.55. The van der Waals surface area contributed by atoms with Crippen LogP contribution >= 0.6 is 12.4 Å². The van der Waals surface area contributed by atoms with Crippen molar-refractivity contribution in [2.75, 3.05) is 26.7 Å². The molecule has 1 aliphatic heterocycles. The molecule has 1 aliphatic rings. The highest BCUT2D eigenvalue weighted by atomic mass is 35.5. The summed E-state index contributed by atoms with van der Waals surface area (Å²) in [5.74, 6) is 0.134. The molecular weight excluding hydrogens is 302 g/mol. The number of nitrogens with one attached hydrogen (secondary N) is 3. The monoisotopic (exact) mass is 325 g/mol. The van der Waals surface area contributed by atoms with Crippen molar-refractivity contribution >= 4 is 24.2 Å². The standard InChI is InChI=1S/C16H23N3O2.ClH/c1-17-15(20)13-5-2-4-12(10-13)7-9-19-16(21)14-6-3-8-18-11-14;/h2,4-5,10,14,18H,3,6-9,11H2,1H3,(H,17,20)(H,19,21);1H. The molecule has 2 amide bonds. The maximum Gasteiger partial charge on any atom is 0.251 e. The summed E-state index contributed by atoms with van der Waals surface area (Å²) in [5.41, 5.74) is 1.70. The molecule has 1 unspecified atom stereocenters. The van der Waals surface area contributed by atoms with Crippen molar-refractivity contribution in [1.82, 2.24) is 16.0 Å². The van der Waals surface area contributed by atoms with E-state index >= 15 is 0 Å². The zero-order valence-corrected chi connectivity index (χ0v) is 13.7. The Hall–Kier alpha value is -1.59. The molecule has 0 saturated carbocycles. The van der Waals surface area contributed by atoms with Crippen LogP contribution in [0.1, 0.15) is 28.8 Å². The van der Waals surface area contributed by atoms with Crippen LogP contribution in [-0.2, 0) is 11.2 Å². The molecule has 0 radical (unpaired) electrons. The summed E-state index contributed by atoms with van der Waals surface area (Å²) < 4.78 is 0. The molecule has 6 heteroatoms. The Morgan fingerprint density at radius 1 is 1.36 bits per heavy atom. The summed E-state index contributed by atoms with van der Waals surface area (Å²) >= 11 is 0. The molecule has 122 valence electrons. The topological polar surface area (TPSA) is 70.2 Å². The van der Waals surface area contributed by atoms with Gasteiger partial charge in [0, 0.05) is 25.7 Å². The molecule has 5 nitrogen and oxygen atoms in total. The first kappa shape index (κ1) is 18.5. The van der Waals surface area contributed by atoms with Crippen molar-refractivity contribution in [3.05, 3.63) is 35.4 Å². The van der Waals surface area contributed by atoms with Crippen molar-refractivity contribution in [2.24, 2.45) is 5.92 Å². The average molecular weight is 326 g/mol. The van der Waals surface area contributed by atoms with Gasteiger partial charge in [0.15, 0.2) is 0 Å².